The molecule has 0 unspecified atom stereocenters. The molecule has 6 nitrogen and oxygen atoms in total. The Labute approximate surface area is 225 Å². The molecule has 0 aromatic heterocycles. The summed E-state index contributed by atoms with van der Waals surface area (Å²) in [5.74, 6) is -0.0151. The number of halogens is 1. The second-order valence-corrected chi connectivity index (χ2v) is 11.1. The number of aromatic carboxylic acids is 1. The molecule has 1 amide bonds. The number of rotatable bonds is 6. The van der Waals surface area contributed by atoms with Gasteiger partial charge in [0.05, 0.1) is 22.5 Å². The summed E-state index contributed by atoms with van der Waals surface area (Å²) in [6.45, 7) is 10.5. The van der Waals surface area contributed by atoms with Gasteiger partial charge >= 0.3 is 5.97 Å². The molecule has 0 radical (unpaired) electrons. The van der Waals surface area contributed by atoms with Crippen LogP contribution in [0.2, 0.25) is 0 Å². The fourth-order valence-corrected chi connectivity index (χ4v) is 4.32. The van der Waals surface area contributed by atoms with Gasteiger partial charge in [-0.1, -0.05) is 62.7 Å². The number of hydrogen-bond donors (Lipinski definition) is 1. The molecule has 0 saturated carbocycles. The highest BCUT2D eigenvalue weighted by atomic mass is 79.9. The maximum Gasteiger partial charge on any atom is 0.335 e. The van der Waals surface area contributed by atoms with Gasteiger partial charge in [-0.3, -0.25) is 4.79 Å². The SMILES string of the molecule is CC(C)C1=NN(c2ccc(C(=O)O)cc2)C(=O)/C1=C\c1cc(Br)ccc1Oc1ccc(C(C)(C)C)cc1. The lowest BCUT2D eigenvalue weighted by Crippen LogP contribution is -2.21. The predicted molar refractivity (Wildman–Crippen MR) is 150 cm³/mol. The zero-order valence-corrected chi connectivity index (χ0v) is 23.0. The summed E-state index contributed by atoms with van der Waals surface area (Å²) in [5, 5.41) is 15.1. The van der Waals surface area contributed by atoms with Crippen LogP contribution in [0.3, 0.4) is 0 Å². The molecule has 1 aliphatic rings. The van der Waals surface area contributed by atoms with Crippen molar-refractivity contribution >= 4 is 45.3 Å². The van der Waals surface area contributed by atoms with E-state index in [2.05, 4.69) is 53.9 Å². The van der Waals surface area contributed by atoms with Crippen LogP contribution < -0.4 is 9.75 Å². The Morgan fingerprint density at radius 1 is 1.03 bits per heavy atom. The van der Waals surface area contributed by atoms with E-state index < -0.39 is 5.97 Å². The largest absolute Gasteiger partial charge is 0.478 e. The van der Waals surface area contributed by atoms with Crippen LogP contribution in [0.15, 0.2) is 81.9 Å². The standard InChI is InChI=1S/C30H29BrN2O4/c1-18(2)27-25(28(34)33(32-27)23-11-6-19(7-12-23)29(35)36)17-20-16-22(31)10-15-26(20)37-24-13-8-21(9-14-24)30(3,4)5/h6-18H,1-5H3,(H,35,36)/b25-17-. The number of carboxylic acid groups (broad SMARTS) is 1. The van der Waals surface area contributed by atoms with Gasteiger partial charge in [-0.05, 0) is 77.6 Å². The molecule has 37 heavy (non-hydrogen) atoms. The van der Waals surface area contributed by atoms with E-state index in [4.69, 9.17) is 4.74 Å². The number of hydrazone groups is 1. The van der Waals surface area contributed by atoms with Crippen molar-refractivity contribution in [3.05, 3.63) is 93.5 Å². The van der Waals surface area contributed by atoms with E-state index in [0.717, 1.165) is 10.0 Å². The monoisotopic (exact) mass is 560 g/mol. The lowest BCUT2D eigenvalue weighted by atomic mass is 9.87. The molecule has 7 heteroatoms. The molecule has 4 rings (SSSR count). The van der Waals surface area contributed by atoms with Gasteiger partial charge in [0.2, 0.25) is 0 Å². The van der Waals surface area contributed by atoms with Crippen LogP contribution in [0.4, 0.5) is 5.69 Å². The molecule has 0 atom stereocenters. The maximum absolute atomic E-state index is 13.5. The molecule has 1 aliphatic heterocycles. The molecule has 0 aliphatic carbocycles. The molecule has 0 spiro atoms. The van der Waals surface area contributed by atoms with Crippen molar-refractivity contribution in [3.63, 3.8) is 0 Å². The van der Waals surface area contributed by atoms with E-state index in [0.29, 0.717) is 28.5 Å². The number of ether oxygens (including phenoxy) is 1. The summed E-state index contributed by atoms with van der Waals surface area (Å²) in [7, 11) is 0. The van der Waals surface area contributed by atoms with Crippen molar-refractivity contribution in [2.24, 2.45) is 11.0 Å². The Morgan fingerprint density at radius 2 is 1.68 bits per heavy atom. The minimum absolute atomic E-state index is 0.0139. The Morgan fingerprint density at radius 3 is 2.24 bits per heavy atom. The summed E-state index contributed by atoms with van der Waals surface area (Å²) in [4.78, 5) is 24.7. The Balaban J connectivity index is 1.69. The lowest BCUT2D eigenvalue weighted by molar-refractivity contribution is -0.114. The van der Waals surface area contributed by atoms with Gasteiger partial charge in [0.25, 0.3) is 5.91 Å². The maximum atomic E-state index is 13.5. The third-order valence-corrected chi connectivity index (χ3v) is 6.53. The predicted octanol–water partition coefficient (Wildman–Crippen LogP) is 7.68. The summed E-state index contributed by atoms with van der Waals surface area (Å²) in [6, 6.07) is 19.8. The first-order chi connectivity index (χ1) is 17.4. The summed E-state index contributed by atoms with van der Waals surface area (Å²) in [5.41, 5.74) is 3.74. The highest BCUT2D eigenvalue weighted by Gasteiger charge is 2.33. The second-order valence-electron chi connectivity index (χ2n) is 10.2. The van der Waals surface area contributed by atoms with E-state index in [1.165, 1.54) is 22.7 Å². The smallest absolute Gasteiger partial charge is 0.335 e. The molecule has 0 bridgehead atoms. The van der Waals surface area contributed by atoms with Crippen LogP contribution in [0, 0.1) is 5.92 Å². The van der Waals surface area contributed by atoms with Crippen LogP contribution in [0.1, 0.15) is 56.1 Å². The van der Waals surface area contributed by atoms with Gasteiger partial charge in [-0.25, -0.2) is 4.79 Å². The summed E-state index contributed by atoms with van der Waals surface area (Å²) >= 11 is 3.53. The van der Waals surface area contributed by atoms with Crippen LogP contribution in [0.25, 0.3) is 6.08 Å². The van der Waals surface area contributed by atoms with E-state index >= 15 is 0 Å². The zero-order valence-electron chi connectivity index (χ0n) is 21.4. The number of amides is 1. The number of carbonyl (C=O) groups excluding carboxylic acids is 1. The van der Waals surface area contributed by atoms with Gasteiger partial charge in [-0.2, -0.15) is 10.1 Å². The van der Waals surface area contributed by atoms with Crippen molar-refractivity contribution in [2.45, 2.75) is 40.0 Å². The Kier molecular flexibility index (Phi) is 7.37. The highest BCUT2D eigenvalue weighted by Crippen LogP contribution is 2.34. The number of benzene rings is 3. The van der Waals surface area contributed by atoms with Crippen molar-refractivity contribution in [3.8, 4) is 11.5 Å². The Bertz CT molecular complexity index is 1400. The fraction of sp³-hybridized carbons (Fsp3) is 0.233. The molecule has 1 N–H and O–H groups in total. The highest BCUT2D eigenvalue weighted by molar-refractivity contribution is 9.10. The number of carbonyl (C=O) groups is 2. The van der Waals surface area contributed by atoms with Gasteiger partial charge in [0, 0.05) is 10.0 Å². The van der Waals surface area contributed by atoms with Gasteiger partial charge in [-0.15, -0.1) is 0 Å². The van der Waals surface area contributed by atoms with Crippen molar-refractivity contribution in [1.29, 1.82) is 0 Å². The lowest BCUT2D eigenvalue weighted by Gasteiger charge is -2.19. The van der Waals surface area contributed by atoms with E-state index in [-0.39, 0.29) is 22.8 Å². The topological polar surface area (TPSA) is 79.2 Å². The first kappa shape index (κ1) is 26.4. The minimum Gasteiger partial charge on any atom is -0.478 e. The molecular formula is C30H29BrN2O4. The number of anilines is 1. The quantitative estimate of drug-likeness (QED) is 0.313. The number of hydrogen-bond acceptors (Lipinski definition) is 4. The second kappa shape index (κ2) is 10.3. The average Bonchev–Trinajstić information content (AvgIpc) is 3.17. The van der Waals surface area contributed by atoms with Crippen molar-refractivity contribution in [1.82, 2.24) is 0 Å². The molecular weight excluding hydrogens is 532 g/mol. The van der Waals surface area contributed by atoms with Crippen LogP contribution in [-0.4, -0.2) is 22.7 Å². The van der Waals surface area contributed by atoms with Gasteiger partial charge < -0.3 is 9.84 Å². The zero-order chi connectivity index (χ0) is 26.9. The first-order valence-corrected chi connectivity index (χ1v) is 12.8. The van der Waals surface area contributed by atoms with E-state index in [1.807, 2.05) is 44.2 Å². The summed E-state index contributed by atoms with van der Waals surface area (Å²) < 4.78 is 7.09. The minimum atomic E-state index is -1.03. The third-order valence-electron chi connectivity index (χ3n) is 6.03. The van der Waals surface area contributed by atoms with Crippen LogP contribution >= 0.6 is 15.9 Å². The van der Waals surface area contributed by atoms with Crippen LogP contribution in [-0.2, 0) is 10.2 Å². The normalized spacial score (nSPS) is 14.9. The number of nitrogens with zero attached hydrogens (tertiary/aromatic N) is 2. The first-order valence-electron chi connectivity index (χ1n) is 12.0. The summed E-state index contributed by atoms with van der Waals surface area (Å²) in [6.07, 6.45) is 1.80. The van der Waals surface area contributed by atoms with Crippen LogP contribution in [0.5, 0.6) is 11.5 Å². The van der Waals surface area contributed by atoms with Crippen molar-refractivity contribution in [2.75, 3.05) is 5.01 Å². The molecule has 1 heterocycles. The van der Waals surface area contributed by atoms with Gasteiger partial charge in [0.15, 0.2) is 0 Å². The molecule has 190 valence electrons. The van der Waals surface area contributed by atoms with E-state index in [9.17, 15) is 14.7 Å². The molecule has 0 saturated heterocycles. The average molecular weight is 561 g/mol. The molecule has 3 aromatic carbocycles. The molecule has 0 fully saturated rings. The number of carboxylic acids is 1. The molecule has 3 aromatic rings. The fourth-order valence-electron chi connectivity index (χ4n) is 3.94. The van der Waals surface area contributed by atoms with Gasteiger partial charge in [0.1, 0.15) is 11.5 Å². The third kappa shape index (κ3) is 5.83. The Hall–Kier alpha value is -3.71. The van der Waals surface area contributed by atoms with Crippen molar-refractivity contribution < 1.29 is 19.4 Å². The van der Waals surface area contributed by atoms with E-state index in [1.54, 1.807) is 18.2 Å².